The van der Waals surface area contributed by atoms with Crippen LogP contribution < -0.4 is 0 Å². The highest BCUT2D eigenvalue weighted by Gasteiger charge is 2.26. The van der Waals surface area contributed by atoms with E-state index in [1.54, 1.807) is 0 Å². The number of hydrogen-bond donors (Lipinski definition) is 3. The Kier molecular flexibility index (Phi) is 11.0. The Bertz CT molecular complexity index is 1820. The van der Waals surface area contributed by atoms with Gasteiger partial charge in [-0.2, -0.15) is 0 Å². The van der Waals surface area contributed by atoms with Gasteiger partial charge in [0, 0.05) is 79.1 Å². The summed E-state index contributed by atoms with van der Waals surface area (Å²) in [6.07, 6.45) is -1.01. The molecule has 11 heteroatoms. The number of hydrogen-bond acceptors (Lipinski definition) is 6. The van der Waals surface area contributed by atoms with Crippen LogP contribution in [0.2, 0.25) is 10.0 Å². The molecule has 0 radical (unpaired) electrons. The number of benzene rings is 4. The molecule has 0 fully saturated rings. The largest absolute Gasteiger partial charge is 0.481 e. The molecule has 7 nitrogen and oxygen atoms in total. The summed E-state index contributed by atoms with van der Waals surface area (Å²) in [5, 5.41) is 30.1. The average molecular weight is 724 g/mol. The number of Topliss-reactive ketones (excluding diaryl/α,β-unsaturated/α-hetero) is 1. The van der Waals surface area contributed by atoms with Crippen LogP contribution in [0.4, 0.5) is 8.78 Å². The van der Waals surface area contributed by atoms with Crippen molar-refractivity contribution in [1.82, 2.24) is 9.80 Å². The first-order chi connectivity index (χ1) is 23.9. The molecule has 4 aromatic carbocycles. The number of aliphatic hydroxyl groups is 2. The first kappa shape index (κ1) is 36.1. The number of fused-ring (bicyclic) bond motifs is 2. The molecule has 2 aliphatic rings. The fraction of sp³-hybridized carbons (Fsp3) is 0.333. The SMILES string of the molecule is CC(=O)C[C@H](O)CN1CCc2cc(-c3cccc(-c4cccc(-c5cc(F)c6c(c5)CCN(C[C@@H](O)CC(=O)O)C6)c4Cl)c3Cl)cc(F)c2C1. The third-order valence-corrected chi connectivity index (χ3v) is 10.3. The van der Waals surface area contributed by atoms with Gasteiger partial charge in [0.15, 0.2) is 0 Å². The van der Waals surface area contributed by atoms with Gasteiger partial charge in [0.25, 0.3) is 0 Å². The van der Waals surface area contributed by atoms with Gasteiger partial charge in [0.1, 0.15) is 17.4 Å². The highest BCUT2D eigenvalue weighted by atomic mass is 35.5. The molecule has 6 rings (SSSR count). The van der Waals surface area contributed by atoms with Crippen molar-refractivity contribution in [3.05, 3.63) is 105 Å². The van der Waals surface area contributed by atoms with Crippen molar-refractivity contribution in [2.75, 3.05) is 26.2 Å². The summed E-state index contributed by atoms with van der Waals surface area (Å²) in [5.41, 5.74) is 6.59. The molecule has 0 aromatic heterocycles. The predicted octanol–water partition coefficient (Wildman–Crippen LogP) is 7.16. The summed E-state index contributed by atoms with van der Waals surface area (Å²) in [6, 6.07) is 17.8. The van der Waals surface area contributed by atoms with Crippen LogP contribution in [-0.4, -0.2) is 75.3 Å². The summed E-state index contributed by atoms with van der Waals surface area (Å²) in [4.78, 5) is 26.2. The van der Waals surface area contributed by atoms with Gasteiger partial charge < -0.3 is 15.3 Å². The van der Waals surface area contributed by atoms with E-state index < -0.39 is 24.0 Å². The van der Waals surface area contributed by atoms with Crippen molar-refractivity contribution in [3.8, 4) is 33.4 Å². The predicted molar refractivity (Wildman–Crippen MR) is 190 cm³/mol. The monoisotopic (exact) mass is 722 g/mol. The molecular formula is C39H38Cl2F2N2O5. The molecule has 0 spiro atoms. The topological polar surface area (TPSA) is 101 Å². The van der Waals surface area contributed by atoms with Crippen LogP contribution in [0, 0.1) is 11.6 Å². The third kappa shape index (κ3) is 7.94. The van der Waals surface area contributed by atoms with Crippen molar-refractivity contribution in [2.45, 2.75) is 57.9 Å². The Morgan fingerprint density at radius 1 is 0.720 bits per heavy atom. The summed E-state index contributed by atoms with van der Waals surface area (Å²) in [5.74, 6) is -1.94. The van der Waals surface area contributed by atoms with E-state index in [-0.39, 0.29) is 37.5 Å². The van der Waals surface area contributed by atoms with E-state index in [9.17, 15) is 19.8 Å². The average Bonchev–Trinajstić information content (AvgIpc) is 3.05. The Morgan fingerprint density at radius 3 is 1.56 bits per heavy atom. The lowest BCUT2D eigenvalue weighted by Gasteiger charge is -2.31. The van der Waals surface area contributed by atoms with Crippen LogP contribution in [0.5, 0.6) is 0 Å². The van der Waals surface area contributed by atoms with Crippen LogP contribution in [0.3, 0.4) is 0 Å². The number of rotatable bonds is 11. The minimum absolute atomic E-state index is 0.0703. The van der Waals surface area contributed by atoms with E-state index in [1.165, 1.54) is 19.1 Å². The molecule has 2 aliphatic heterocycles. The zero-order valence-corrected chi connectivity index (χ0v) is 29.1. The van der Waals surface area contributed by atoms with Crippen molar-refractivity contribution in [3.63, 3.8) is 0 Å². The van der Waals surface area contributed by atoms with E-state index in [0.29, 0.717) is 93.6 Å². The van der Waals surface area contributed by atoms with Crippen LogP contribution in [0.15, 0.2) is 60.7 Å². The normalized spacial score (nSPS) is 16.1. The summed E-state index contributed by atoms with van der Waals surface area (Å²) in [6.45, 7) is 3.66. The van der Waals surface area contributed by atoms with E-state index in [0.717, 1.165) is 11.1 Å². The van der Waals surface area contributed by atoms with Crippen molar-refractivity contribution in [1.29, 1.82) is 0 Å². The second kappa shape index (κ2) is 15.3. The third-order valence-electron chi connectivity index (χ3n) is 9.51. The van der Waals surface area contributed by atoms with Crippen molar-refractivity contribution in [2.24, 2.45) is 0 Å². The van der Waals surface area contributed by atoms with Gasteiger partial charge in [0.05, 0.1) is 28.7 Å². The highest BCUT2D eigenvalue weighted by molar-refractivity contribution is 6.39. The Hall–Kier alpha value is -3.70. The molecule has 262 valence electrons. The molecule has 0 saturated carbocycles. The Balaban J connectivity index is 1.25. The zero-order valence-electron chi connectivity index (χ0n) is 27.6. The van der Waals surface area contributed by atoms with Gasteiger partial charge in [-0.05, 0) is 54.2 Å². The number of carboxylic acid groups (broad SMARTS) is 1. The fourth-order valence-corrected chi connectivity index (χ4v) is 7.83. The number of halogens is 4. The highest BCUT2D eigenvalue weighted by Crippen LogP contribution is 2.43. The molecule has 50 heavy (non-hydrogen) atoms. The second-order valence-corrected chi connectivity index (χ2v) is 14.1. The summed E-state index contributed by atoms with van der Waals surface area (Å²) in [7, 11) is 0. The molecule has 2 atom stereocenters. The lowest BCUT2D eigenvalue weighted by molar-refractivity contribution is -0.139. The Morgan fingerprint density at radius 2 is 1.14 bits per heavy atom. The number of aliphatic carboxylic acids is 1. The second-order valence-electron chi connectivity index (χ2n) is 13.3. The van der Waals surface area contributed by atoms with Gasteiger partial charge in [-0.15, -0.1) is 0 Å². The lowest BCUT2D eigenvalue weighted by Crippen LogP contribution is -2.37. The standard InChI is InChI=1S/C39H38Cl2F2N2O5/c1-22(46)12-27(47)18-44-10-8-23-13-25(15-35(42)33(23)20-44)29-4-2-6-31(38(29)40)32-7-3-5-30(39(32)41)26-14-24-9-11-45(19-28(48)17-37(49)50)21-34(24)36(43)16-26/h2-7,13-16,27-28,47-48H,8-12,17-21H2,1H3,(H,49,50)/t27-,28-/m0/s1. The minimum atomic E-state index is -1.08. The first-order valence-electron chi connectivity index (χ1n) is 16.6. The molecule has 2 heterocycles. The van der Waals surface area contributed by atoms with Crippen LogP contribution in [0.1, 0.15) is 42.0 Å². The summed E-state index contributed by atoms with van der Waals surface area (Å²) < 4.78 is 31.2. The summed E-state index contributed by atoms with van der Waals surface area (Å²) >= 11 is 14.1. The van der Waals surface area contributed by atoms with Crippen molar-refractivity contribution < 1.29 is 33.7 Å². The number of ketones is 1. The number of carbonyl (C=O) groups is 2. The minimum Gasteiger partial charge on any atom is -0.481 e. The lowest BCUT2D eigenvalue weighted by atomic mass is 9.91. The zero-order chi connectivity index (χ0) is 35.7. The maximum Gasteiger partial charge on any atom is 0.306 e. The quantitative estimate of drug-likeness (QED) is 0.151. The Labute approximate surface area is 299 Å². The van der Waals surface area contributed by atoms with E-state index in [4.69, 9.17) is 28.3 Å². The van der Waals surface area contributed by atoms with Gasteiger partial charge in [-0.25, -0.2) is 8.78 Å². The smallest absolute Gasteiger partial charge is 0.306 e. The number of nitrogens with zero attached hydrogens (tertiary/aromatic N) is 2. The van der Waals surface area contributed by atoms with Gasteiger partial charge in [0.2, 0.25) is 0 Å². The molecule has 0 unspecified atom stereocenters. The maximum atomic E-state index is 15.6. The van der Waals surface area contributed by atoms with E-state index in [1.807, 2.05) is 58.3 Å². The fourth-order valence-electron chi connectivity index (χ4n) is 7.16. The van der Waals surface area contributed by atoms with Crippen LogP contribution in [-0.2, 0) is 35.5 Å². The molecule has 4 aromatic rings. The molecule has 0 bridgehead atoms. The molecular weight excluding hydrogens is 685 g/mol. The number of carbonyl (C=O) groups excluding carboxylic acids is 1. The molecule has 3 N–H and O–H groups in total. The molecule has 0 amide bonds. The number of β-amino-alcohol motifs (C(OH)–C–C–N with tert-alkyl or cyclic N) is 2. The first-order valence-corrected chi connectivity index (χ1v) is 17.4. The van der Waals surface area contributed by atoms with E-state index in [2.05, 4.69) is 0 Å². The van der Waals surface area contributed by atoms with Crippen LogP contribution in [0.25, 0.3) is 33.4 Å². The van der Waals surface area contributed by atoms with E-state index >= 15 is 8.78 Å². The van der Waals surface area contributed by atoms with Crippen molar-refractivity contribution >= 4 is 35.0 Å². The molecule has 0 aliphatic carbocycles. The molecule has 0 saturated heterocycles. The van der Waals surface area contributed by atoms with Gasteiger partial charge in [-0.3, -0.25) is 19.4 Å². The van der Waals surface area contributed by atoms with Gasteiger partial charge in [-0.1, -0.05) is 71.7 Å². The number of aliphatic hydroxyl groups excluding tert-OH is 2. The van der Waals surface area contributed by atoms with Gasteiger partial charge >= 0.3 is 5.97 Å². The van der Waals surface area contributed by atoms with Crippen LogP contribution >= 0.6 is 23.2 Å². The number of carboxylic acids is 1. The maximum absolute atomic E-state index is 15.6.